The maximum Gasteiger partial charge on any atom is 0.0468 e. The van der Waals surface area contributed by atoms with Crippen LogP contribution in [-0.4, -0.2) is 20.3 Å². The van der Waals surface area contributed by atoms with Crippen molar-refractivity contribution in [1.29, 1.82) is 0 Å². The van der Waals surface area contributed by atoms with Crippen molar-refractivity contribution in [3.05, 3.63) is 28.2 Å². The van der Waals surface area contributed by atoms with E-state index in [2.05, 4.69) is 27.3 Å². The van der Waals surface area contributed by atoms with Crippen LogP contribution >= 0.6 is 15.9 Å². The molecule has 0 aliphatic heterocycles. The number of rotatable bonds is 7. The Morgan fingerprint density at radius 2 is 2.22 bits per heavy atom. The molecule has 1 aromatic carbocycles. The van der Waals surface area contributed by atoms with Gasteiger partial charge in [-0.05, 0) is 42.4 Å². The second kappa shape index (κ2) is 6.04. The van der Waals surface area contributed by atoms with E-state index >= 15 is 0 Å². The topological polar surface area (TPSA) is 47.3 Å². The van der Waals surface area contributed by atoms with Crippen LogP contribution in [0.4, 0.5) is 5.69 Å². The number of nitrogen functional groups attached to an aromatic ring is 1. The summed E-state index contributed by atoms with van der Waals surface area (Å²) in [5, 5.41) is 3.52. The lowest BCUT2D eigenvalue weighted by atomic mass is 10.0. The second-order valence-corrected chi connectivity index (χ2v) is 6.11. The molecule has 3 nitrogen and oxygen atoms in total. The van der Waals surface area contributed by atoms with E-state index in [4.69, 9.17) is 10.5 Å². The minimum Gasteiger partial charge on any atom is -0.398 e. The van der Waals surface area contributed by atoms with Gasteiger partial charge in [-0.3, -0.25) is 0 Å². The maximum atomic E-state index is 5.98. The molecule has 0 unspecified atom stereocenters. The molecule has 1 fully saturated rings. The van der Waals surface area contributed by atoms with Crippen LogP contribution in [0.5, 0.6) is 0 Å². The van der Waals surface area contributed by atoms with Crippen molar-refractivity contribution in [3.8, 4) is 0 Å². The van der Waals surface area contributed by atoms with Gasteiger partial charge in [-0.2, -0.15) is 0 Å². The number of hydrogen-bond acceptors (Lipinski definition) is 3. The molecule has 0 radical (unpaired) electrons. The van der Waals surface area contributed by atoms with Crippen LogP contribution in [-0.2, 0) is 11.3 Å². The number of hydrogen-bond donors (Lipinski definition) is 2. The number of methoxy groups -OCH3 is 1. The predicted molar refractivity (Wildman–Crippen MR) is 78.4 cm³/mol. The number of nitrogens with two attached hydrogens (primary N) is 1. The van der Waals surface area contributed by atoms with Gasteiger partial charge in [-0.25, -0.2) is 0 Å². The van der Waals surface area contributed by atoms with E-state index in [0.29, 0.717) is 5.41 Å². The van der Waals surface area contributed by atoms with Gasteiger partial charge in [0.25, 0.3) is 0 Å². The van der Waals surface area contributed by atoms with E-state index in [9.17, 15) is 0 Å². The Bertz CT molecular complexity index is 405. The minimum atomic E-state index is 0.486. The summed E-state index contributed by atoms with van der Waals surface area (Å²) in [5.74, 6) is 0. The van der Waals surface area contributed by atoms with Crippen LogP contribution in [0.25, 0.3) is 0 Å². The molecule has 1 saturated carbocycles. The third-order valence-corrected chi connectivity index (χ3v) is 4.21. The molecule has 3 N–H and O–H groups in total. The molecule has 4 heteroatoms. The minimum absolute atomic E-state index is 0.486. The normalized spacial score (nSPS) is 16.8. The Labute approximate surface area is 117 Å². The highest BCUT2D eigenvalue weighted by atomic mass is 79.9. The van der Waals surface area contributed by atoms with E-state index in [1.165, 1.54) is 18.4 Å². The van der Waals surface area contributed by atoms with Gasteiger partial charge in [0.05, 0.1) is 0 Å². The Hall–Kier alpha value is -0.580. The van der Waals surface area contributed by atoms with E-state index in [1.807, 2.05) is 12.1 Å². The zero-order chi connectivity index (χ0) is 13.0. The van der Waals surface area contributed by atoms with Gasteiger partial charge in [-0.1, -0.05) is 22.0 Å². The van der Waals surface area contributed by atoms with Gasteiger partial charge >= 0.3 is 0 Å². The maximum absolute atomic E-state index is 5.98. The molecule has 0 heterocycles. The quantitative estimate of drug-likeness (QED) is 0.761. The first-order chi connectivity index (χ1) is 8.65. The molecule has 0 bridgehead atoms. The molecule has 1 aliphatic carbocycles. The fourth-order valence-electron chi connectivity index (χ4n) is 2.20. The second-order valence-electron chi connectivity index (χ2n) is 5.19. The molecule has 1 aliphatic rings. The van der Waals surface area contributed by atoms with Gasteiger partial charge in [0.2, 0.25) is 0 Å². The Balaban J connectivity index is 1.78. The first-order valence-electron chi connectivity index (χ1n) is 6.39. The summed E-state index contributed by atoms with van der Waals surface area (Å²) in [7, 11) is 1.77. The largest absolute Gasteiger partial charge is 0.398 e. The molecule has 0 amide bonds. The summed E-state index contributed by atoms with van der Waals surface area (Å²) >= 11 is 3.42. The Morgan fingerprint density at radius 3 is 2.83 bits per heavy atom. The average Bonchev–Trinajstić information content (AvgIpc) is 3.10. The molecule has 0 aromatic heterocycles. The van der Waals surface area contributed by atoms with Gasteiger partial charge in [0.15, 0.2) is 0 Å². The standard InChI is InChI=1S/C14H21BrN2O/c1-18-7-6-14(4-5-14)10-17-9-11-2-3-12(15)8-13(11)16/h2-3,8,17H,4-7,9-10,16H2,1H3. The van der Waals surface area contributed by atoms with Crippen molar-refractivity contribution in [2.24, 2.45) is 5.41 Å². The molecule has 18 heavy (non-hydrogen) atoms. The third kappa shape index (κ3) is 3.70. The van der Waals surface area contributed by atoms with Crippen LogP contribution < -0.4 is 11.1 Å². The number of nitrogens with one attached hydrogen (secondary N) is 1. The molecule has 2 rings (SSSR count). The monoisotopic (exact) mass is 312 g/mol. The first-order valence-corrected chi connectivity index (χ1v) is 7.18. The van der Waals surface area contributed by atoms with Crippen molar-refractivity contribution in [3.63, 3.8) is 0 Å². The summed E-state index contributed by atoms with van der Waals surface area (Å²) in [6.45, 7) is 2.77. The van der Waals surface area contributed by atoms with Gasteiger partial charge in [0, 0.05) is 37.0 Å². The zero-order valence-corrected chi connectivity index (χ0v) is 12.4. The van der Waals surface area contributed by atoms with Crippen LogP contribution in [0.1, 0.15) is 24.8 Å². The van der Waals surface area contributed by atoms with Crippen molar-refractivity contribution in [2.45, 2.75) is 25.8 Å². The molecular weight excluding hydrogens is 292 g/mol. The average molecular weight is 313 g/mol. The number of benzene rings is 1. The predicted octanol–water partition coefficient (Wildman–Crippen LogP) is 2.94. The highest BCUT2D eigenvalue weighted by Crippen LogP contribution is 2.48. The summed E-state index contributed by atoms with van der Waals surface area (Å²) in [5.41, 5.74) is 8.48. The summed E-state index contributed by atoms with van der Waals surface area (Å²) < 4.78 is 6.19. The number of anilines is 1. The Morgan fingerprint density at radius 1 is 1.44 bits per heavy atom. The smallest absolute Gasteiger partial charge is 0.0468 e. The summed E-state index contributed by atoms with van der Waals surface area (Å²) in [6.07, 6.45) is 3.80. The van der Waals surface area contributed by atoms with E-state index in [0.717, 1.165) is 36.3 Å². The fourth-order valence-corrected chi connectivity index (χ4v) is 2.58. The van der Waals surface area contributed by atoms with Crippen LogP contribution in [0.2, 0.25) is 0 Å². The van der Waals surface area contributed by atoms with Crippen molar-refractivity contribution in [2.75, 3.05) is 26.0 Å². The Kier molecular flexibility index (Phi) is 4.65. The lowest BCUT2D eigenvalue weighted by Crippen LogP contribution is -2.25. The molecule has 100 valence electrons. The lowest BCUT2D eigenvalue weighted by molar-refractivity contribution is 0.171. The molecular formula is C14H21BrN2O. The van der Waals surface area contributed by atoms with Crippen molar-refractivity contribution in [1.82, 2.24) is 5.32 Å². The van der Waals surface area contributed by atoms with Gasteiger partial charge < -0.3 is 15.8 Å². The van der Waals surface area contributed by atoms with Crippen molar-refractivity contribution < 1.29 is 4.74 Å². The molecule has 0 saturated heterocycles. The molecule has 1 aromatic rings. The zero-order valence-electron chi connectivity index (χ0n) is 10.8. The third-order valence-electron chi connectivity index (χ3n) is 3.72. The van der Waals surface area contributed by atoms with E-state index in [-0.39, 0.29) is 0 Å². The van der Waals surface area contributed by atoms with Crippen LogP contribution in [0.3, 0.4) is 0 Å². The summed E-state index contributed by atoms with van der Waals surface area (Å²) in [6, 6.07) is 6.06. The van der Waals surface area contributed by atoms with Crippen LogP contribution in [0.15, 0.2) is 22.7 Å². The van der Waals surface area contributed by atoms with E-state index in [1.54, 1.807) is 7.11 Å². The summed E-state index contributed by atoms with van der Waals surface area (Å²) in [4.78, 5) is 0. The molecule has 0 atom stereocenters. The van der Waals surface area contributed by atoms with E-state index < -0.39 is 0 Å². The van der Waals surface area contributed by atoms with Gasteiger partial charge in [-0.15, -0.1) is 0 Å². The van der Waals surface area contributed by atoms with Gasteiger partial charge in [0.1, 0.15) is 0 Å². The van der Waals surface area contributed by atoms with Crippen LogP contribution in [0, 0.1) is 5.41 Å². The first kappa shape index (κ1) is 13.8. The highest BCUT2D eigenvalue weighted by molar-refractivity contribution is 9.10. The van der Waals surface area contributed by atoms with Crippen molar-refractivity contribution >= 4 is 21.6 Å². The highest BCUT2D eigenvalue weighted by Gasteiger charge is 2.41. The SMILES string of the molecule is COCCC1(CNCc2ccc(Br)cc2N)CC1. The molecule has 0 spiro atoms. The number of ether oxygens (including phenoxy) is 1. The number of halogens is 1. The lowest BCUT2D eigenvalue weighted by Gasteiger charge is -2.16. The fraction of sp³-hybridized carbons (Fsp3) is 0.571.